The second kappa shape index (κ2) is 9.01. The van der Waals surface area contributed by atoms with Crippen LogP contribution in [0.3, 0.4) is 0 Å². The van der Waals surface area contributed by atoms with E-state index in [1.807, 2.05) is 19.1 Å². The van der Waals surface area contributed by atoms with Crippen molar-refractivity contribution < 1.29 is 27.4 Å². The zero-order valence-corrected chi connectivity index (χ0v) is 21.7. The topological polar surface area (TPSA) is 87.1 Å². The van der Waals surface area contributed by atoms with Gasteiger partial charge < -0.3 is 14.2 Å². The molecule has 0 N–H and O–H groups in total. The third-order valence-electron chi connectivity index (χ3n) is 6.58. The van der Waals surface area contributed by atoms with Crippen LogP contribution in [0, 0.1) is 6.92 Å². The summed E-state index contributed by atoms with van der Waals surface area (Å²) < 4.78 is 44.1. The number of aromatic nitrogens is 1. The molecular weight excluding hydrogens is 492 g/mol. The van der Waals surface area contributed by atoms with Crippen molar-refractivity contribution >= 4 is 32.5 Å². The van der Waals surface area contributed by atoms with Gasteiger partial charge in [0.25, 0.3) is 15.9 Å². The van der Waals surface area contributed by atoms with Crippen molar-refractivity contribution in [1.29, 1.82) is 0 Å². The van der Waals surface area contributed by atoms with Gasteiger partial charge in [-0.15, -0.1) is 0 Å². The maximum absolute atomic E-state index is 13.3. The van der Waals surface area contributed by atoms with Gasteiger partial charge in [-0.05, 0) is 42.8 Å². The summed E-state index contributed by atoms with van der Waals surface area (Å²) in [5, 5.41) is 0.727. The molecule has 2 heterocycles. The summed E-state index contributed by atoms with van der Waals surface area (Å²) in [7, 11) is 0.775. The molecule has 0 spiro atoms. The van der Waals surface area contributed by atoms with Gasteiger partial charge in [0.15, 0.2) is 11.5 Å². The summed E-state index contributed by atoms with van der Waals surface area (Å²) in [6.07, 6.45) is 1.54. The van der Waals surface area contributed by atoms with Crippen molar-refractivity contribution in [2.45, 2.75) is 17.9 Å². The molecule has 0 radical (unpaired) electrons. The Kier molecular flexibility index (Phi) is 5.95. The lowest BCUT2D eigenvalue weighted by molar-refractivity contribution is -0.118. The number of ether oxygens (including phenoxy) is 3. The van der Waals surface area contributed by atoms with E-state index in [0.29, 0.717) is 34.0 Å². The first kappa shape index (κ1) is 24.5. The van der Waals surface area contributed by atoms with Gasteiger partial charge in [-0.25, -0.2) is 12.4 Å². The van der Waals surface area contributed by atoms with Crippen LogP contribution in [0.4, 0.5) is 5.69 Å². The summed E-state index contributed by atoms with van der Waals surface area (Å²) in [5.41, 5.74) is 3.32. The fourth-order valence-corrected chi connectivity index (χ4v) is 5.99. The van der Waals surface area contributed by atoms with Crippen LogP contribution in [0.2, 0.25) is 0 Å². The normalized spacial score (nSPS) is 15.6. The monoisotopic (exact) mass is 518 g/mol. The molecule has 4 aromatic rings. The lowest BCUT2D eigenvalue weighted by Crippen LogP contribution is -2.48. The van der Waals surface area contributed by atoms with Crippen LogP contribution in [-0.4, -0.2) is 39.6 Å². The summed E-state index contributed by atoms with van der Waals surface area (Å²) >= 11 is 0. The van der Waals surface area contributed by atoms with Gasteiger partial charge in [0, 0.05) is 29.3 Å². The second-order valence-corrected chi connectivity index (χ2v) is 10.5. The van der Waals surface area contributed by atoms with Gasteiger partial charge in [0.05, 0.1) is 43.5 Å². The van der Waals surface area contributed by atoms with Gasteiger partial charge in [-0.3, -0.25) is 9.69 Å². The Morgan fingerprint density at radius 2 is 1.51 bits per heavy atom. The van der Waals surface area contributed by atoms with Crippen molar-refractivity contribution in [3.8, 4) is 17.2 Å². The fraction of sp³-hybridized carbons (Fsp3) is 0.179. The van der Waals surface area contributed by atoms with Crippen molar-refractivity contribution in [2.24, 2.45) is 0 Å². The van der Waals surface area contributed by atoms with Crippen molar-refractivity contribution in [3.05, 3.63) is 90.1 Å². The average Bonchev–Trinajstić information content (AvgIpc) is 3.34. The third-order valence-corrected chi connectivity index (χ3v) is 8.29. The van der Waals surface area contributed by atoms with E-state index in [-0.39, 0.29) is 10.8 Å². The smallest absolute Gasteiger partial charge is 0.268 e. The van der Waals surface area contributed by atoms with Gasteiger partial charge >= 0.3 is 0 Å². The predicted molar refractivity (Wildman–Crippen MR) is 141 cm³/mol. The van der Waals surface area contributed by atoms with E-state index in [4.69, 9.17) is 14.2 Å². The first-order valence-corrected chi connectivity index (χ1v) is 12.9. The van der Waals surface area contributed by atoms with E-state index in [0.717, 1.165) is 16.5 Å². The zero-order valence-electron chi connectivity index (χ0n) is 20.9. The molecule has 0 unspecified atom stereocenters. The standard InChI is InChI=1S/C28H26N2O6S/c1-17-6-9-22(10-7-17)37(32,33)29-13-12-19-14-20(8-11-23(19)29)26-18(2)28(31)30(26)21-15-24(34-3)27(36-5)25(16-21)35-4/h6-16,26H,2H2,1,3-5H3/t26-/m1/s1. The third kappa shape index (κ3) is 3.82. The Balaban J connectivity index is 1.54. The number of hydrogen-bond donors (Lipinski definition) is 0. The zero-order chi connectivity index (χ0) is 26.5. The number of methoxy groups -OCH3 is 3. The Morgan fingerprint density at radius 3 is 2.11 bits per heavy atom. The summed E-state index contributed by atoms with van der Waals surface area (Å²) in [5.74, 6) is 1.05. The molecule has 9 heteroatoms. The molecule has 1 aliphatic rings. The number of carbonyl (C=O) groups excluding carboxylic acids is 1. The molecule has 190 valence electrons. The number of hydrogen-bond acceptors (Lipinski definition) is 6. The van der Waals surface area contributed by atoms with Gasteiger partial charge in [-0.1, -0.05) is 30.3 Å². The Labute approximate surface area is 215 Å². The Morgan fingerprint density at radius 1 is 0.865 bits per heavy atom. The molecule has 1 fully saturated rings. The van der Waals surface area contributed by atoms with Gasteiger partial charge in [0.2, 0.25) is 5.75 Å². The molecule has 1 aromatic heterocycles. The second-order valence-electron chi connectivity index (χ2n) is 8.73. The minimum absolute atomic E-state index is 0.214. The number of benzene rings is 3. The number of amides is 1. The van der Waals surface area contributed by atoms with Crippen LogP contribution in [0.5, 0.6) is 17.2 Å². The SMILES string of the molecule is C=C1C(=O)N(c2cc(OC)c(OC)c(OC)c2)[C@H]1c1ccc2c(ccn2S(=O)(=O)c2ccc(C)cc2)c1. The fourth-order valence-electron chi connectivity index (χ4n) is 4.64. The van der Waals surface area contributed by atoms with Crippen LogP contribution in [0.1, 0.15) is 17.2 Å². The number of β-lactam (4-membered cyclic amide) rings is 1. The lowest BCUT2D eigenvalue weighted by Gasteiger charge is -2.42. The summed E-state index contributed by atoms with van der Waals surface area (Å²) in [6.45, 7) is 5.89. The first-order chi connectivity index (χ1) is 17.7. The maximum Gasteiger partial charge on any atom is 0.268 e. The molecule has 37 heavy (non-hydrogen) atoms. The highest BCUT2D eigenvalue weighted by Crippen LogP contribution is 2.48. The molecule has 1 aliphatic heterocycles. The summed E-state index contributed by atoms with van der Waals surface area (Å²) in [4.78, 5) is 14.7. The number of aryl methyl sites for hydroxylation is 1. The van der Waals surface area contributed by atoms with E-state index >= 15 is 0 Å². The van der Waals surface area contributed by atoms with Crippen molar-refractivity contribution in [1.82, 2.24) is 3.97 Å². The minimum Gasteiger partial charge on any atom is -0.493 e. The van der Waals surface area contributed by atoms with E-state index in [9.17, 15) is 13.2 Å². The van der Waals surface area contributed by atoms with Gasteiger partial charge in [-0.2, -0.15) is 0 Å². The maximum atomic E-state index is 13.3. The molecular formula is C28H26N2O6S. The molecule has 3 aromatic carbocycles. The molecule has 1 atom stereocenters. The minimum atomic E-state index is -3.76. The van der Waals surface area contributed by atoms with E-state index in [1.165, 1.54) is 25.3 Å². The van der Waals surface area contributed by atoms with Crippen molar-refractivity contribution in [2.75, 3.05) is 26.2 Å². The van der Waals surface area contributed by atoms with Gasteiger partial charge in [0.1, 0.15) is 0 Å². The summed E-state index contributed by atoms with van der Waals surface area (Å²) in [6, 6.07) is 16.9. The van der Waals surface area contributed by atoms with Crippen LogP contribution in [0.15, 0.2) is 83.9 Å². The highest BCUT2D eigenvalue weighted by atomic mass is 32.2. The molecule has 0 bridgehead atoms. The van der Waals surface area contributed by atoms with Crippen LogP contribution in [-0.2, 0) is 14.8 Å². The molecule has 1 amide bonds. The molecule has 8 nitrogen and oxygen atoms in total. The van der Waals surface area contributed by atoms with E-state index < -0.39 is 16.1 Å². The number of anilines is 1. The number of carbonyl (C=O) groups is 1. The van der Waals surface area contributed by atoms with Crippen LogP contribution in [0.25, 0.3) is 10.9 Å². The van der Waals surface area contributed by atoms with Crippen LogP contribution >= 0.6 is 0 Å². The number of nitrogens with zero attached hydrogens (tertiary/aromatic N) is 2. The highest BCUT2D eigenvalue weighted by molar-refractivity contribution is 7.90. The van der Waals surface area contributed by atoms with E-state index in [2.05, 4.69) is 6.58 Å². The molecule has 0 saturated carbocycles. The molecule has 0 aliphatic carbocycles. The van der Waals surface area contributed by atoms with Crippen molar-refractivity contribution in [3.63, 3.8) is 0 Å². The number of rotatable bonds is 7. The van der Waals surface area contributed by atoms with Crippen LogP contribution < -0.4 is 19.1 Å². The predicted octanol–water partition coefficient (Wildman–Crippen LogP) is 4.86. The molecule has 1 saturated heterocycles. The Bertz CT molecular complexity index is 1630. The van der Waals surface area contributed by atoms with E-state index in [1.54, 1.807) is 59.6 Å². The largest absolute Gasteiger partial charge is 0.493 e. The molecule has 5 rings (SSSR count). The first-order valence-electron chi connectivity index (χ1n) is 11.5. The quantitative estimate of drug-likeness (QED) is 0.257. The lowest BCUT2D eigenvalue weighted by atomic mass is 9.88. The Hall–Kier alpha value is -4.24. The number of fused-ring (bicyclic) bond motifs is 1. The average molecular weight is 519 g/mol. The highest BCUT2D eigenvalue weighted by Gasteiger charge is 2.43.